The zero-order chi connectivity index (χ0) is 13.2. The number of carbonyl (C=O) groups is 1. The summed E-state index contributed by atoms with van der Waals surface area (Å²) < 4.78 is 1.99. The topological polar surface area (TPSA) is 34.9 Å². The van der Waals surface area contributed by atoms with E-state index in [0.29, 0.717) is 17.3 Å². The first-order chi connectivity index (χ1) is 9.28. The molecule has 3 rings (SSSR count). The molecular formula is C15H11ClN2O. The van der Waals surface area contributed by atoms with Crippen LogP contribution >= 0.6 is 11.6 Å². The van der Waals surface area contributed by atoms with Gasteiger partial charge in [0, 0.05) is 23.7 Å². The summed E-state index contributed by atoms with van der Waals surface area (Å²) in [5, 5.41) is 1.16. The number of benzene rings is 1. The summed E-state index contributed by atoms with van der Waals surface area (Å²) in [6.45, 7) is 0.704. The van der Waals surface area contributed by atoms with Crippen molar-refractivity contribution in [1.82, 2.24) is 9.55 Å². The van der Waals surface area contributed by atoms with Crippen molar-refractivity contribution in [1.29, 1.82) is 0 Å². The first-order valence-corrected chi connectivity index (χ1v) is 6.30. The van der Waals surface area contributed by atoms with Crippen LogP contribution in [0.15, 0.2) is 48.7 Å². The quantitative estimate of drug-likeness (QED) is 0.539. The molecule has 1 aromatic carbocycles. The van der Waals surface area contributed by atoms with Gasteiger partial charge in [0.1, 0.15) is 10.8 Å². The number of rotatable bonds is 3. The van der Waals surface area contributed by atoms with Crippen LogP contribution in [0.4, 0.5) is 0 Å². The SMILES string of the molecule is O=Cc1cc(Cl)nc2c1ccn2Cc1ccccc1. The van der Waals surface area contributed by atoms with E-state index in [9.17, 15) is 4.79 Å². The highest BCUT2D eigenvalue weighted by atomic mass is 35.5. The summed E-state index contributed by atoms with van der Waals surface area (Å²) in [5.74, 6) is 0. The van der Waals surface area contributed by atoms with Crippen molar-refractivity contribution >= 4 is 28.9 Å². The van der Waals surface area contributed by atoms with Gasteiger partial charge in [-0.2, -0.15) is 0 Å². The van der Waals surface area contributed by atoms with Gasteiger partial charge in [0.15, 0.2) is 6.29 Å². The third-order valence-electron chi connectivity index (χ3n) is 3.06. The number of hydrogen-bond donors (Lipinski definition) is 0. The predicted octanol–water partition coefficient (Wildman–Crippen LogP) is 3.55. The van der Waals surface area contributed by atoms with E-state index in [-0.39, 0.29) is 0 Å². The summed E-state index contributed by atoms with van der Waals surface area (Å²) in [4.78, 5) is 15.4. The fraction of sp³-hybridized carbons (Fsp3) is 0.0667. The Kier molecular flexibility index (Phi) is 3.05. The normalized spacial score (nSPS) is 10.8. The smallest absolute Gasteiger partial charge is 0.150 e. The lowest BCUT2D eigenvalue weighted by Crippen LogP contribution is -1.99. The Balaban J connectivity index is 2.10. The number of nitrogens with zero attached hydrogens (tertiary/aromatic N) is 2. The van der Waals surface area contributed by atoms with Gasteiger partial charge in [-0.15, -0.1) is 0 Å². The molecular weight excluding hydrogens is 260 g/mol. The Morgan fingerprint density at radius 1 is 1.21 bits per heavy atom. The monoisotopic (exact) mass is 270 g/mol. The molecule has 0 amide bonds. The number of aromatic nitrogens is 2. The Bertz CT molecular complexity index is 734. The highest BCUT2D eigenvalue weighted by Gasteiger charge is 2.09. The lowest BCUT2D eigenvalue weighted by Gasteiger charge is -2.05. The molecule has 0 fully saturated rings. The van der Waals surface area contributed by atoms with Gasteiger partial charge in [0.25, 0.3) is 0 Å². The second-order valence-corrected chi connectivity index (χ2v) is 4.71. The lowest BCUT2D eigenvalue weighted by molar-refractivity contribution is 0.112. The van der Waals surface area contributed by atoms with Crippen molar-refractivity contribution in [3.8, 4) is 0 Å². The minimum absolute atomic E-state index is 0.336. The predicted molar refractivity (Wildman–Crippen MR) is 75.7 cm³/mol. The Hall–Kier alpha value is -2.13. The van der Waals surface area contributed by atoms with E-state index >= 15 is 0 Å². The molecule has 19 heavy (non-hydrogen) atoms. The molecule has 0 aliphatic carbocycles. The zero-order valence-electron chi connectivity index (χ0n) is 10.1. The minimum atomic E-state index is 0.336. The Morgan fingerprint density at radius 2 is 2.00 bits per heavy atom. The van der Waals surface area contributed by atoms with E-state index in [1.807, 2.05) is 35.0 Å². The van der Waals surface area contributed by atoms with E-state index in [1.54, 1.807) is 6.07 Å². The fourth-order valence-corrected chi connectivity index (χ4v) is 2.36. The average molecular weight is 271 g/mol. The highest BCUT2D eigenvalue weighted by Crippen LogP contribution is 2.21. The molecule has 0 aliphatic rings. The van der Waals surface area contributed by atoms with Gasteiger partial charge < -0.3 is 4.57 Å². The van der Waals surface area contributed by atoms with Gasteiger partial charge in [-0.3, -0.25) is 4.79 Å². The summed E-state index contributed by atoms with van der Waals surface area (Å²) in [6.07, 6.45) is 2.73. The number of halogens is 1. The molecule has 2 heterocycles. The van der Waals surface area contributed by atoms with Crippen molar-refractivity contribution in [3.63, 3.8) is 0 Å². The first-order valence-electron chi connectivity index (χ1n) is 5.92. The van der Waals surface area contributed by atoms with Crippen LogP contribution in [-0.4, -0.2) is 15.8 Å². The molecule has 0 N–H and O–H groups in total. The van der Waals surface area contributed by atoms with Gasteiger partial charge in [-0.25, -0.2) is 4.98 Å². The molecule has 4 heteroatoms. The maximum Gasteiger partial charge on any atom is 0.150 e. The molecule has 0 bridgehead atoms. The van der Waals surface area contributed by atoms with Gasteiger partial charge >= 0.3 is 0 Å². The third kappa shape index (κ3) is 2.25. The van der Waals surface area contributed by atoms with Crippen LogP contribution in [-0.2, 0) is 6.54 Å². The van der Waals surface area contributed by atoms with Crippen LogP contribution < -0.4 is 0 Å². The maximum absolute atomic E-state index is 11.0. The molecule has 3 nitrogen and oxygen atoms in total. The number of carbonyl (C=O) groups excluding carboxylic acids is 1. The van der Waals surface area contributed by atoms with Gasteiger partial charge in [0.05, 0.1) is 0 Å². The molecule has 0 saturated carbocycles. The first kappa shape index (κ1) is 11.9. The summed E-state index contributed by atoms with van der Waals surface area (Å²) >= 11 is 5.95. The lowest BCUT2D eigenvalue weighted by atomic mass is 10.2. The second-order valence-electron chi connectivity index (χ2n) is 4.32. The molecule has 0 radical (unpaired) electrons. The number of pyridine rings is 1. The van der Waals surface area contributed by atoms with E-state index < -0.39 is 0 Å². The van der Waals surface area contributed by atoms with Crippen LogP contribution in [0.5, 0.6) is 0 Å². The zero-order valence-corrected chi connectivity index (χ0v) is 10.8. The van der Waals surface area contributed by atoms with E-state index in [4.69, 9.17) is 11.6 Å². The van der Waals surface area contributed by atoms with Crippen molar-refractivity contribution in [2.75, 3.05) is 0 Å². The number of hydrogen-bond acceptors (Lipinski definition) is 2. The van der Waals surface area contributed by atoms with Crippen LogP contribution in [0.3, 0.4) is 0 Å². The van der Waals surface area contributed by atoms with Crippen LogP contribution in [0.25, 0.3) is 11.0 Å². The van der Waals surface area contributed by atoms with Crippen molar-refractivity contribution in [2.24, 2.45) is 0 Å². The number of aldehydes is 1. The van der Waals surface area contributed by atoms with Crippen molar-refractivity contribution in [3.05, 3.63) is 64.9 Å². The van der Waals surface area contributed by atoms with E-state index in [2.05, 4.69) is 17.1 Å². The minimum Gasteiger partial charge on any atom is -0.328 e. The van der Waals surface area contributed by atoms with Crippen molar-refractivity contribution in [2.45, 2.75) is 6.54 Å². The molecule has 0 unspecified atom stereocenters. The van der Waals surface area contributed by atoms with Crippen LogP contribution in [0.1, 0.15) is 15.9 Å². The van der Waals surface area contributed by atoms with E-state index in [0.717, 1.165) is 17.3 Å². The highest BCUT2D eigenvalue weighted by molar-refractivity contribution is 6.30. The molecule has 0 saturated heterocycles. The van der Waals surface area contributed by atoms with Gasteiger partial charge in [0.2, 0.25) is 0 Å². The largest absolute Gasteiger partial charge is 0.328 e. The third-order valence-corrected chi connectivity index (χ3v) is 3.25. The standard InChI is InChI=1S/C15H11ClN2O/c16-14-8-12(10-19)13-6-7-18(15(13)17-14)9-11-4-2-1-3-5-11/h1-8,10H,9H2. The summed E-state index contributed by atoms with van der Waals surface area (Å²) in [6, 6.07) is 13.6. The fourth-order valence-electron chi connectivity index (χ4n) is 2.16. The van der Waals surface area contributed by atoms with Gasteiger partial charge in [-0.1, -0.05) is 41.9 Å². The van der Waals surface area contributed by atoms with E-state index in [1.165, 1.54) is 5.56 Å². The molecule has 0 spiro atoms. The molecule has 0 aliphatic heterocycles. The van der Waals surface area contributed by atoms with Crippen LogP contribution in [0, 0.1) is 0 Å². The summed E-state index contributed by atoms with van der Waals surface area (Å²) in [7, 11) is 0. The summed E-state index contributed by atoms with van der Waals surface area (Å²) in [5.41, 5.74) is 2.48. The Labute approximate surface area is 115 Å². The Morgan fingerprint density at radius 3 is 2.74 bits per heavy atom. The molecule has 94 valence electrons. The molecule has 0 atom stereocenters. The average Bonchev–Trinajstić information content (AvgIpc) is 2.82. The maximum atomic E-state index is 11.0. The molecule has 2 aromatic heterocycles. The number of fused-ring (bicyclic) bond motifs is 1. The molecule has 3 aromatic rings. The van der Waals surface area contributed by atoms with Gasteiger partial charge in [-0.05, 0) is 17.7 Å². The van der Waals surface area contributed by atoms with Crippen molar-refractivity contribution < 1.29 is 4.79 Å². The second kappa shape index (κ2) is 4.86. The van der Waals surface area contributed by atoms with Crippen LogP contribution in [0.2, 0.25) is 5.15 Å².